The number of thiophene rings is 1. The Balaban J connectivity index is 1.99. The van der Waals surface area contributed by atoms with Crippen LogP contribution in [-0.2, 0) is 12.0 Å². The quantitative estimate of drug-likeness (QED) is 0.639. The molecular weight excluding hydrogens is 274 g/mol. The Bertz CT molecular complexity index is 789. The lowest BCUT2D eigenvalue weighted by molar-refractivity contribution is 0.484. The number of nitrogens with two attached hydrogens (primary N) is 1. The highest BCUT2D eigenvalue weighted by molar-refractivity contribution is 7.17. The number of aryl methyl sites for hydroxylation is 1. The van der Waals surface area contributed by atoms with E-state index in [1.807, 2.05) is 11.3 Å². The van der Waals surface area contributed by atoms with Crippen LogP contribution in [0.25, 0.3) is 10.1 Å². The van der Waals surface area contributed by atoms with Crippen LogP contribution in [0.15, 0.2) is 53.9 Å². The number of hydrogen-bond donors (Lipinski definition) is 1. The Morgan fingerprint density at radius 3 is 2.71 bits per heavy atom. The van der Waals surface area contributed by atoms with E-state index < -0.39 is 0 Å². The summed E-state index contributed by atoms with van der Waals surface area (Å²) in [6, 6.07) is 17.5. The Kier molecular flexibility index (Phi) is 3.09. The van der Waals surface area contributed by atoms with E-state index in [1.54, 1.807) is 0 Å². The molecule has 1 nitrogen and oxygen atoms in total. The molecule has 2 aromatic carbocycles. The van der Waals surface area contributed by atoms with E-state index >= 15 is 0 Å². The standard InChI is InChI=1S/C19H19NS/c20-19(17-10-5-8-15-11-13-21-18(15)17)12-4-3-7-14-6-1-2-9-16(14)19/h1-2,5-6,8-11,13H,3-4,7,12,20H2. The molecule has 0 amide bonds. The van der Waals surface area contributed by atoms with Crippen molar-refractivity contribution >= 4 is 21.4 Å². The fourth-order valence-electron chi connectivity index (χ4n) is 3.65. The van der Waals surface area contributed by atoms with Gasteiger partial charge in [-0.1, -0.05) is 48.9 Å². The smallest absolute Gasteiger partial charge is 0.0682 e. The van der Waals surface area contributed by atoms with E-state index in [0.29, 0.717) is 0 Å². The fourth-order valence-corrected chi connectivity index (χ4v) is 4.65. The first-order valence-electron chi connectivity index (χ1n) is 7.63. The lowest BCUT2D eigenvalue weighted by Gasteiger charge is -2.31. The lowest BCUT2D eigenvalue weighted by atomic mass is 9.79. The summed E-state index contributed by atoms with van der Waals surface area (Å²) in [5, 5.41) is 3.48. The van der Waals surface area contributed by atoms with Gasteiger partial charge in [0.15, 0.2) is 0 Å². The fraction of sp³-hybridized carbons (Fsp3) is 0.263. The normalized spacial score (nSPS) is 22.0. The first-order chi connectivity index (χ1) is 10.3. The highest BCUT2D eigenvalue weighted by Crippen LogP contribution is 2.41. The molecule has 4 rings (SSSR count). The molecule has 21 heavy (non-hydrogen) atoms. The van der Waals surface area contributed by atoms with Gasteiger partial charge in [-0.25, -0.2) is 0 Å². The van der Waals surface area contributed by atoms with Gasteiger partial charge in [-0.05, 0) is 52.8 Å². The summed E-state index contributed by atoms with van der Waals surface area (Å²) in [7, 11) is 0. The number of hydrogen-bond acceptors (Lipinski definition) is 2. The summed E-state index contributed by atoms with van der Waals surface area (Å²) in [4.78, 5) is 0. The Labute approximate surface area is 129 Å². The van der Waals surface area contributed by atoms with E-state index in [-0.39, 0.29) is 5.54 Å². The molecule has 0 bridgehead atoms. The Hall–Kier alpha value is -1.64. The second-order valence-corrected chi connectivity index (χ2v) is 6.90. The van der Waals surface area contributed by atoms with E-state index in [2.05, 4.69) is 53.9 Å². The molecule has 0 radical (unpaired) electrons. The van der Waals surface area contributed by atoms with Gasteiger partial charge in [-0.2, -0.15) is 0 Å². The highest BCUT2D eigenvalue weighted by Gasteiger charge is 2.34. The van der Waals surface area contributed by atoms with Gasteiger partial charge in [0, 0.05) is 4.70 Å². The summed E-state index contributed by atoms with van der Waals surface area (Å²) < 4.78 is 1.34. The van der Waals surface area contributed by atoms with Gasteiger partial charge in [-0.15, -0.1) is 11.3 Å². The van der Waals surface area contributed by atoms with Crippen molar-refractivity contribution in [3.05, 3.63) is 70.6 Å². The topological polar surface area (TPSA) is 26.0 Å². The molecule has 2 heteroatoms. The summed E-state index contributed by atoms with van der Waals surface area (Å²) in [6.45, 7) is 0. The third-order valence-electron chi connectivity index (χ3n) is 4.72. The molecule has 3 aromatic rings. The predicted molar refractivity (Wildman–Crippen MR) is 90.8 cm³/mol. The minimum Gasteiger partial charge on any atom is -0.318 e. The second kappa shape index (κ2) is 4.97. The Morgan fingerprint density at radius 2 is 1.76 bits per heavy atom. The van der Waals surface area contributed by atoms with Gasteiger partial charge in [0.05, 0.1) is 5.54 Å². The number of fused-ring (bicyclic) bond motifs is 2. The van der Waals surface area contributed by atoms with E-state index in [9.17, 15) is 0 Å². The van der Waals surface area contributed by atoms with Crippen molar-refractivity contribution in [2.45, 2.75) is 31.2 Å². The van der Waals surface area contributed by atoms with Gasteiger partial charge >= 0.3 is 0 Å². The zero-order chi connectivity index (χ0) is 14.3. The lowest BCUT2D eigenvalue weighted by Crippen LogP contribution is -2.38. The molecule has 1 unspecified atom stereocenters. The molecule has 0 aliphatic heterocycles. The zero-order valence-corrected chi connectivity index (χ0v) is 12.8. The SMILES string of the molecule is NC1(c2cccc3ccsc23)CCCCc2ccccc21. The molecule has 106 valence electrons. The maximum Gasteiger partial charge on any atom is 0.0682 e. The molecule has 0 saturated heterocycles. The van der Waals surface area contributed by atoms with Gasteiger partial charge in [-0.3, -0.25) is 0 Å². The van der Waals surface area contributed by atoms with E-state index in [4.69, 9.17) is 5.73 Å². The van der Waals surface area contributed by atoms with Crippen molar-refractivity contribution in [2.75, 3.05) is 0 Å². The largest absolute Gasteiger partial charge is 0.318 e. The van der Waals surface area contributed by atoms with Crippen molar-refractivity contribution < 1.29 is 0 Å². The predicted octanol–water partition coefficient (Wildman–Crippen LogP) is 4.83. The monoisotopic (exact) mass is 293 g/mol. The van der Waals surface area contributed by atoms with Crippen molar-refractivity contribution in [3.63, 3.8) is 0 Å². The van der Waals surface area contributed by atoms with Crippen molar-refractivity contribution in [1.82, 2.24) is 0 Å². The maximum absolute atomic E-state index is 7.02. The third-order valence-corrected chi connectivity index (χ3v) is 5.69. The van der Waals surface area contributed by atoms with Gasteiger partial charge in [0.2, 0.25) is 0 Å². The molecule has 1 aliphatic rings. The summed E-state index contributed by atoms with van der Waals surface area (Å²) in [5.74, 6) is 0. The van der Waals surface area contributed by atoms with E-state index in [0.717, 1.165) is 12.8 Å². The molecule has 2 N–H and O–H groups in total. The average Bonchev–Trinajstić information content (AvgIpc) is 2.93. The van der Waals surface area contributed by atoms with Crippen LogP contribution in [0, 0.1) is 0 Å². The summed E-state index contributed by atoms with van der Waals surface area (Å²) in [6.07, 6.45) is 4.60. The van der Waals surface area contributed by atoms with Crippen molar-refractivity contribution in [1.29, 1.82) is 0 Å². The number of benzene rings is 2. The van der Waals surface area contributed by atoms with Crippen LogP contribution >= 0.6 is 11.3 Å². The molecule has 0 spiro atoms. The first-order valence-corrected chi connectivity index (χ1v) is 8.51. The molecule has 0 saturated carbocycles. The van der Waals surface area contributed by atoms with Crippen molar-refractivity contribution in [2.24, 2.45) is 5.73 Å². The second-order valence-electron chi connectivity index (χ2n) is 5.98. The maximum atomic E-state index is 7.02. The average molecular weight is 293 g/mol. The summed E-state index contributed by atoms with van der Waals surface area (Å²) >= 11 is 1.81. The van der Waals surface area contributed by atoms with Crippen LogP contribution in [0.2, 0.25) is 0 Å². The molecule has 1 aromatic heterocycles. The van der Waals surface area contributed by atoms with Crippen LogP contribution in [0.3, 0.4) is 0 Å². The minimum absolute atomic E-state index is 0.350. The van der Waals surface area contributed by atoms with Crippen LogP contribution < -0.4 is 5.73 Å². The van der Waals surface area contributed by atoms with Gasteiger partial charge in [0.1, 0.15) is 0 Å². The molecule has 1 atom stereocenters. The minimum atomic E-state index is -0.350. The van der Waals surface area contributed by atoms with Crippen LogP contribution in [-0.4, -0.2) is 0 Å². The highest BCUT2D eigenvalue weighted by atomic mass is 32.1. The van der Waals surface area contributed by atoms with Crippen LogP contribution in [0.1, 0.15) is 36.0 Å². The van der Waals surface area contributed by atoms with Crippen LogP contribution in [0.4, 0.5) is 0 Å². The molecule has 1 aliphatic carbocycles. The zero-order valence-electron chi connectivity index (χ0n) is 12.0. The Morgan fingerprint density at radius 1 is 0.905 bits per heavy atom. The first kappa shape index (κ1) is 13.1. The molecular formula is C19H19NS. The van der Waals surface area contributed by atoms with Crippen molar-refractivity contribution in [3.8, 4) is 0 Å². The van der Waals surface area contributed by atoms with Gasteiger partial charge in [0.25, 0.3) is 0 Å². The number of rotatable bonds is 1. The van der Waals surface area contributed by atoms with Gasteiger partial charge < -0.3 is 5.73 Å². The molecule has 1 heterocycles. The van der Waals surface area contributed by atoms with Crippen LogP contribution in [0.5, 0.6) is 0 Å². The third kappa shape index (κ3) is 2.02. The summed E-state index contributed by atoms with van der Waals surface area (Å²) in [5.41, 5.74) is 10.7. The van der Waals surface area contributed by atoms with E-state index in [1.165, 1.54) is 39.6 Å². The molecule has 0 fully saturated rings.